The lowest BCUT2D eigenvalue weighted by Gasteiger charge is -2.12. The van der Waals surface area contributed by atoms with Gasteiger partial charge in [0.05, 0.1) is 16.8 Å². The average molecular weight is 257 g/mol. The third-order valence-electron chi connectivity index (χ3n) is 2.53. The second-order valence-electron chi connectivity index (χ2n) is 4.26. The van der Waals surface area contributed by atoms with Crippen molar-refractivity contribution in [1.82, 2.24) is 5.32 Å². The molecule has 0 aliphatic rings. The number of aliphatic hydroxyl groups is 1. The van der Waals surface area contributed by atoms with Crippen LogP contribution in [0.25, 0.3) is 0 Å². The SMILES string of the molecule is CNCC(O)CS(=O)(=O)c1cc(C)ccc1C. The first-order chi connectivity index (χ1) is 7.86. The van der Waals surface area contributed by atoms with E-state index in [1.807, 2.05) is 13.0 Å². The van der Waals surface area contributed by atoms with Crippen LogP contribution in [-0.2, 0) is 9.84 Å². The summed E-state index contributed by atoms with van der Waals surface area (Å²) in [6, 6.07) is 5.31. The van der Waals surface area contributed by atoms with E-state index in [2.05, 4.69) is 5.32 Å². The molecule has 0 aliphatic carbocycles. The van der Waals surface area contributed by atoms with Crippen LogP contribution in [-0.4, -0.2) is 39.0 Å². The van der Waals surface area contributed by atoms with E-state index in [-0.39, 0.29) is 12.3 Å². The fourth-order valence-electron chi connectivity index (χ4n) is 1.68. The standard InChI is InChI=1S/C12H19NO3S/c1-9-4-5-10(2)12(6-9)17(15,16)8-11(14)7-13-3/h4-6,11,13-14H,7-8H2,1-3H3. The van der Waals surface area contributed by atoms with Crippen LogP contribution in [0.4, 0.5) is 0 Å². The number of likely N-dealkylation sites (N-methyl/N-ethyl adjacent to an activating group) is 1. The zero-order chi connectivity index (χ0) is 13.1. The Balaban J connectivity index is 3.01. The minimum Gasteiger partial charge on any atom is -0.391 e. The topological polar surface area (TPSA) is 66.4 Å². The molecule has 0 heterocycles. The number of hydrogen-bond donors (Lipinski definition) is 2. The Kier molecular flexibility index (Phi) is 4.68. The van der Waals surface area contributed by atoms with Gasteiger partial charge in [0.1, 0.15) is 0 Å². The Labute approximate surface area is 103 Å². The normalized spacial score (nSPS) is 13.6. The molecule has 0 fully saturated rings. The maximum absolute atomic E-state index is 12.1. The lowest BCUT2D eigenvalue weighted by Crippen LogP contribution is -2.30. The zero-order valence-electron chi connectivity index (χ0n) is 10.4. The quantitative estimate of drug-likeness (QED) is 0.813. The zero-order valence-corrected chi connectivity index (χ0v) is 11.2. The molecule has 0 aliphatic heterocycles. The summed E-state index contributed by atoms with van der Waals surface area (Å²) in [6.45, 7) is 3.88. The van der Waals surface area contributed by atoms with E-state index in [0.29, 0.717) is 10.5 Å². The first-order valence-electron chi connectivity index (χ1n) is 5.49. The molecule has 0 aromatic heterocycles. The third kappa shape index (κ3) is 3.80. The summed E-state index contributed by atoms with van der Waals surface area (Å²) in [4.78, 5) is 0.313. The lowest BCUT2D eigenvalue weighted by molar-refractivity contribution is 0.196. The maximum atomic E-state index is 12.1. The van der Waals surface area contributed by atoms with E-state index < -0.39 is 15.9 Å². The number of aryl methyl sites for hydroxylation is 2. The number of aliphatic hydroxyl groups excluding tert-OH is 1. The molecule has 0 spiro atoms. The van der Waals surface area contributed by atoms with Gasteiger partial charge in [0, 0.05) is 6.54 Å². The Morgan fingerprint density at radius 1 is 1.35 bits per heavy atom. The number of rotatable bonds is 5. The first-order valence-corrected chi connectivity index (χ1v) is 7.14. The molecule has 1 unspecified atom stereocenters. The molecule has 1 rings (SSSR count). The smallest absolute Gasteiger partial charge is 0.181 e. The van der Waals surface area contributed by atoms with Crippen molar-refractivity contribution in [3.63, 3.8) is 0 Å². The molecular weight excluding hydrogens is 238 g/mol. The van der Waals surface area contributed by atoms with Gasteiger partial charge in [0.25, 0.3) is 0 Å². The van der Waals surface area contributed by atoms with Crippen molar-refractivity contribution in [3.05, 3.63) is 29.3 Å². The van der Waals surface area contributed by atoms with Crippen LogP contribution in [0.1, 0.15) is 11.1 Å². The molecule has 96 valence electrons. The van der Waals surface area contributed by atoms with Crippen LogP contribution >= 0.6 is 0 Å². The largest absolute Gasteiger partial charge is 0.391 e. The monoisotopic (exact) mass is 257 g/mol. The summed E-state index contributed by atoms with van der Waals surface area (Å²) in [6.07, 6.45) is -0.884. The number of nitrogens with one attached hydrogen (secondary N) is 1. The fourth-order valence-corrected chi connectivity index (χ4v) is 3.41. The molecule has 4 nitrogen and oxygen atoms in total. The van der Waals surface area contributed by atoms with Crippen molar-refractivity contribution in [2.75, 3.05) is 19.3 Å². The molecule has 0 radical (unpaired) electrons. The van der Waals surface area contributed by atoms with Gasteiger partial charge in [-0.3, -0.25) is 0 Å². The highest BCUT2D eigenvalue weighted by molar-refractivity contribution is 7.91. The summed E-state index contributed by atoms with van der Waals surface area (Å²) >= 11 is 0. The van der Waals surface area contributed by atoms with Gasteiger partial charge in [-0.2, -0.15) is 0 Å². The molecule has 1 aromatic carbocycles. The summed E-state index contributed by atoms with van der Waals surface area (Å²) in [7, 11) is -1.75. The molecule has 17 heavy (non-hydrogen) atoms. The Hall–Kier alpha value is -0.910. The highest BCUT2D eigenvalue weighted by Gasteiger charge is 2.21. The van der Waals surface area contributed by atoms with Crippen LogP contribution in [0.15, 0.2) is 23.1 Å². The van der Waals surface area contributed by atoms with E-state index >= 15 is 0 Å². The second-order valence-corrected chi connectivity index (χ2v) is 6.26. The van der Waals surface area contributed by atoms with Gasteiger partial charge in [0.2, 0.25) is 0 Å². The van der Waals surface area contributed by atoms with Crippen molar-refractivity contribution in [2.45, 2.75) is 24.8 Å². The van der Waals surface area contributed by atoms with Gasteiger partial charge in [-0.15, -0.1) is 0 Å². The maximum Gasteiger partial charge on any atom is 0.181 e. The van der Waals surface area contributed by atoms with Crippen LogP contribution in [0.3, 0.4) is 0 Å². The molecule has 1 atom stereocenters. The van der Waals surface area contributed by atoms with E-state index in [0.717, 1.165) is 5.56 Å². The van der Waals surface area contributed by atoms with Gasteiger partial charge in [-0.1, -0.05) is 12.1 Å². The predicted octanol–water partition coefficient (Wildman–Crippen LogP) is 0.657. The fraction of sp³-hybridized carbons (Fsp3) is 0.500. The van der Waals surface area contributed by atoms with Gasteiger partial charge in [-0.25, -0.2) is 8.42 Å². The number of benzene rings is 1. The molecule has 5 heteroatoms. The second kappa shape index (κ2) is 5.62. The Morgan fingerprint density at radius 2 is 2.00 bits per heavy atom. The van der Waals surface area contributed by atoms with Crippen LogP contribution in [0, 0.1) is 13.8 Å². The highest BCUT2D eigenvalue weighted by atomic mass is 32.2. The van der Waals surface area contributed by atoms with Gasteiger partial charge >= 0.3 is 0 Å². The number of hydrogen-bond acceptors (Lipinski definition) is 4. The van der Waals surface area contributed by atoms with Gasteiger partial charge in [-0.05, 0) is 38.1 Å². The van der Waals surface area contributed by atoms with Crippen LogP contribution < -0.4 is 5.32 Å². The van der Waals surface area contributed by atoms with Crippen molar-refractivity contribution in [1.29, 1.82) is 0 Å². The molecule has 0 amide bonds. The summed E-state index contributed by atoms with van der Waals surface area (Å²) in [5, 5.41) is 12.3. The molecule has 1 aromatic rings. The first kappa shape index (κ1) is 14.2. The molecule has 0 bridgehead atoms. The lowest BCUT2D eigenvalue weighted by atomic mass is 10.2. The Morgan fingerprint density at radius 3 is 2.59 bits per heavy atom. The van der Waals surface area contributed by atoms with E-state index in [9.17, 15) is 13.5 Å². The molecule has 0 saturated carbocycles. The van der Waals surface area contributed by atoms with E-state index in [1.54, 1.807) is 26.1 Å². The molecular formula is C12H19NO3S. The minimum absolute atomic E-state index is 0.252. The van der Waals surface area contributed by atoms with Gasteiger partial charge in [0.15, 0.2) is 9.84 Å². The summed E-state index contributed by atoms with van der Waals surface area (Å²) in [5.41, 5.74) is 1.62. The average Bonchev–Trinajstić information content (AvgIpc) is 2.21. The number of sulfone groups is 1. The summed E-state index contributed by atoms with van der Waals surface area (Å²) in [5.74, 6) is -0.252. The van der Waals surface area contributed by atoms with E-state index in [4.69, 9.17) is 0 Å². The minimum atomic E-state index is -3.42. The summed E-state index contributed by atoms with van der Waals surface area (Å²) < 4.78 is 24.2. The molecule has 0 saturated heterocycles. The van der Waals surface area contributed by atoms with Crippen molar-refractivity contribution in [2.24, 2.45) is 0 Å². The van der Waals surface area contributed by atoms with Crippen LogP contribution in [0.2, 0.25) is 0 Å². The molecule has 2 N–H and O–H groups in total. The highest BCUT2D eigenvalue weighted by Crippen LogP contribution is 2.18. The van der Waals surface area contributed by atoms with E-state index in [1.165, 1.54) is 0 Å². The van der Waals surface area contributed by atoms with Crippen molar-refractivity contribution >= 4 is 9.84 Å². The Bertz CT molecular complexity index is 483. The van der Waals surface area contributed by atoms with Crippen molar-refractivity contribution in [3.8, 4) is 0 Å². The van der Waals surface area contributed by atoms with Gasteiger partial charge < -0.3 is 10.4 Å². The van der Waals surface area contributed by atoms with Crippen molar-refractivity contribution < 1.29 is 13.5 Å². The third-order valence-corrected chi connectivity index (χ3v) is 4.46. The predicted molar refractivity (Wildman–Crippen MR) is 67.9 cm³/mol. The van der Waals surface area contributed by atoms with Crippen LogP contribution in [0.5, 0.6) is 0 Å².